The number of rotatable bonds is 5. The maximum Gasteiger partial charge on any atom is 0.222 e. The first-order valence-corrected chi connectivity index (χ1v) is 5.50. The Morgan fingerprint density at radius 3 is 2.61 bits per heavy atom. The molecule has 0 aliphatic carbocycles. The zero-order chi connectivity index (χ0) is 12.0. The van der Waals surface area contributed by atoms with Crippen molar-refractivity contribution in [1.82, 2.24) is 9.88 Å². The number of nitrogens with two attached hydrogens (primary N) is 1. The van der Waals surface area contributed by atoms with E-state index in [-0.39, 0.29) is 36.8 Å². The highest BCUT2D eigenvalue weighted by molar-refractivity contribution is 5.85. The van der Waals surface area contributed by atoms with Crippen LogP contribution in [-0.4, -0.2) is 35.4 Å². The lowest BCUT2D eigenvalue weighted by atomic mass is 10.2. The maximum atomic E-state index is 11.8. The van der Waals surface area contributed by atoms with E-state index in [4.69, 9.17) is 5.73 Å². The molecule has 1 heterocycles. The largest absolute Gasteiger partial charge is 0.342 e. The van der Waals surface area contributed by atoms with Gasteiger partial charge in [-0.3, -0.25) is 9.78 Å². The van der Waals surface area contributed by atoms with Crippen molar-refractivity contribution in [1.29, 1.82) is 0 Å². The van der Waals surface area contributed by atoms with Crippen molar-refractivity contribution >= 4 is 30.7 Å². The number of hydrogen-bond acceptors (Lipinski definition) is 3. The van der Waals surface area contributed by atoms with Gasteiger partial charge in [0.25, 0.3) is 0 Å². The number of amides is 1. The molecule has 1 unspecified atom stereocenters. The smallest absolute Gasteiger partial charge is 0.222 e. The van der Waals surface area contributed by atoms with Gasteiger partial charge >= 0.3 is 0 Å². The Labute approximate surface area is 121 Å². The molecule has 4 nitrogen and oxygen atoms in total. The molecule has 0 bridgehead atoms. The number of pyridine rings is 1. The molecule has 1 aromatic heterocycles. The van der Waals surface area contributed by atoms with E-state index in [2.05, 4.69) is 4.98 Å². The molecule has 6 heteroatoms. The first kappa shape index (κ1) is 19.5. The highest BCUT2D eigenvalue weighted by Crippen LogP contribution is 2.03. The Kier molecular flexibility index (Phi) is 11.0. The predicted octanol–water partition coefficient (Wildman–Crippen LogP) is 1.66. The number of nitrogens with zero attached hydrogens (tertiary/aromatic N) is 2. The van der Waals surface area contributed by atoms with E-state index in [0.29, 0.717) is 19.4 Å². The number of carbonyl (C=O) groups excluding carboxylic acids is 1. The molecule has 1 aromatic rings. The van der Waals surface area contributed by atoms with E-state index < -0.39 is 0 Å². The Morgan fingerprint density at radius 1 is 1.44 bits per heavy atom. The SMILES string of the molecule is CC(CN)N(C)C(=O)CCc1ccccn1.Cl.Cl. The van der Waals surface area contributed by atoms with E-state index in [1.165, 1.54) is 0 Å². The molecule has 1 rings (SSSR count). The van der Waals surface area contributed by atoms with Gasteiger partial charge in [0.05, 0.1) is 0 Å². The molecule has 0 radical (unpaired) electrons. The van der Waals surface area contributed by atoms with Crippen LogP contribution in [0.4, 0.5) is 0 Å². The topological polar surface area (TPSA) is 59.2 Å². The van der Waals surface area contributed by atoms with Crippen LogP contribution in [0.2, 0.25) is 0 Å². The van der Waals surface area contributed by atoms with Gasteiger partial charge in [0.15, 0.2) is 0 Å². The number of likely N-dealkylation sites (N-methyl/N-ethyl adjacent to an activating group) is 1. The molecule has 2 N–H and O–H groups in total. The third kappa shape index (κ3) is 6.19. The lowest BCUT2D eigenvalue weighted by Crippen LogP contribution is -2.39. The van der Waals surface area contributed by atoms with Gasteiger partial charge in [-0.05, 0) is 25.5 Å². The minimum absolute atomic E-state index is 0. The summed E-state index contributed by atoms with van der Waals surface area (Å²) in [5, 5.41) is 0. The Balaban J connectivity index is 0. The minimum atomic E-state index is 0. The van der Waals surface area contributed by atoms with Crippen LogP contribution in [0.15, 0.2) is 24.4 Å². The van der Waals surface area contributed by atoms with Crippen molar-refractivity contribution in [3.8, 4) is 0 Å². The summed E-state index contributed by atoms with van der Waals surface area (Å²) in [6, 6.07) is 5.82. The van der Waals surface area contributed by atoms with Crippen molar-refractivity contribution in [2.75, 3.05) is 13.6 Å². The summed E-state index contributed by atoms with van der Waals surface area (Å²) < 4.78 is 0. The van der Waals surface area contributed by atoms with Crippen molar-refractivity contribution in [2.24, 2.45) is 5.73 Å². The van der Waals surface area contributed by atoms with Gasteiger partial charge < -0.3 is 10.6 Å². The molecular formula is C12H21Cl2N3O. The summed E-state index contributed by atoms with van der Waals surface area (Å²) in [6.07, 6.45) is 2.91. The number of aromatic nitrogens is 1. The average molecular weight is 294 g/mol. The summed E-state index contributed by atoms with van der Waals surface area (Å²) in [5.41, 5.74) is 6.46. The van der Waals surface area contributed by atoms with Crippen molar-refractivity contribution in [3.05, 3.63) is 30.1 Å². The Bertz CT molecular complexity index is 335. The fourth-order valence-electron chi connectivity index (χ4n) is 1.36. The van der Waals surface area contributed by atoms with E-state index in [1.54, 1.807) is 18.1 Å². The average Bonchev–Trinajstić information content (AvgIpc) is 2.35. The molecule has 0 aliphatic rings. The van der Waals surface area contributed by atoms with Gasteiger partial charge in [-0.25, -0.2) is 0 Å². The summed E-state index contributed by atoms with van der Waals surface area (Å²) >= 11 is 0. The van der Waals surface area contributed by atoms with Crippen LogP contribution in [0.1, 0.15) is 19.0 Å². The third-order valence-electron chi connectivity index (χ3n) is 2.72. The standard InChI is InChI=1S/C12H19N3O.2ClH/c1-10(9-13)15(2)12(16)7-6-11-5-3-4-8-14-11;;/h3-5,8,10H,6-7,9,13H2,1-2H3;2*1H. The molecule has 0 aromatic carbocycles. The number of hydrogen-bond donors (Lipinski definition) is 1. The lowest BCUT2D eigenvalue weighted by molar-refractivity contribution is -0.131. The highest BCUT2D eigenvalue weighted by atomic mass is 35.5. The van der Waals surface area contributed by atoms with Gasteiger partial charge in [-0.2, -0.15) is 0 Å². The second-order valence-corrected chi connectivity index (χ2v) is 3.91. The fourth-order valence-corrected chi connectivity index (χ4v) is 1.36. The van der Waals surface area contributed by atoms with Gasteiger partial charge in [0, 0.05) is 37.9 Å². The molecule has 0 fully saturated rings. The molecule has 0 saturated carbocycles. The first-order chi connectivity index (χ1) is 7.65. The van der Waals surface area contributed by atoms with E-state index in [0.717, 1.165) is 5.69 Å². The summed E-state index contributed by atoms with van der Waals surface area (Å²) in [7, 11) is 1.79. The number of halogens is 2. The van der Waals surface area contributed by atoms with Gasteiger partial charge in [0.1, 0.15) is 0 Å². The van der Waals surface area contributed by atoms with E-state index in [1.807, 2.05) is 25.1 Å². The molecule has 18 heavy (non-hydrogen) atoms. The molecule has 0 aliphatic heterocycles. The predicted molar refractivity (Wildman–Crippen MR) is 78.3 cm³/mol. The normalized spacial score (nSPS) is 10.8. The molecule has 1 atom stereocenters. The van der Waals surface area contributed by atoms with Crippen LogP contribution in [-0.2, 0) is 11.2 Å². The monoisotopic (exact) mass is 293 g/mol. The molecular weight excluding hydrogens is 273 g/mol. The zero-order valence-corrected chi connectivity index (χ0v) is 12.3. The third-order valence-corrected chi connectivity index (χ3v) is 2.72. The van der Waals surface area contributed by atoms with Crippen LogP contribution in [0.25, 0.3) is 0 Å². The number of aryl methyl sites for hydroxylation is 1. The second kappa shape index (κ2) is 10.1. The van der Waals surface area contributed by atoms with Crippen LogP contribution in [0.3, 0.4) is 0 Å². The Morgan fingerprint density at radius 2 is 2.11 bits per heavy atom. The highest BCUT2D eigenvalue weighted by Gasteiger charge is 2.13. The number of carbonyl (C=O) groups is 1. The molecule has 104 valence electrons. The van der Waals surface area contributed by atoms with Crippen molar-refractivity contribution in [2.45, 2.75) is 25.8 Å². The zero-order valence-electron chi connectivity index (χ0n) is 10.7. The van der Waals surface area contributed by atoms with Crippen LogP contribution >= 0.6 is 24.8 Å². The Hall–Kier alpha value is -0.840. The van der Waals surface area contributed by atoms with Crippen molar-refractivity contribution in [3.63, 3.8) is 0 Å². The summed E-state index contributed by atoms with van der Waals surface area (Å²) in [4.78, 5) is 17.6. The molecule has 1 amide bonds. The van der Waals surface area contributed by atoms with Gasteiger partial charge in [-0.1, -0.05) is 6.07 Å². The fraction of sp³-hybridized carbons (Fsp3) is 0.500. The van der Waals surface area contributed by atoms with Crippen LogP contribution < -0.4 is 5.73 Å². The van der Waals surface area contributed by atoms with Crippen LogP contribution in [0.5, 0.6) is 0 Å². The second-order valence-electron chi connectivity index (χ2n) is 3.91. The quantitative estimate of drug-likeness (QED) is 0.898. The molecule has 0 saturated heterocycles. The maximum absolute atomic E-state index is 11.8. The molecule has 0 spiro atoms. The van der Waals surface area contributed by atoms with Crippen LogP contribution in [0, 0.1) is 0 Å². The first-order valence-electron chi connectivity index (χ1n) is 5.50. The minimum Gasteiger partial charge on any atom is -0.342 e. The summed E-state index contributed by atoms with van der Waals surface area (Å²) in [6.45, 7) is 2.44. The van der Waals surface area contributed by atoms with E-state index in [9.17, 15) is 4.79 Å². The van der Waals surface area contributed by atoms with Gasteiger partial charge in [0.2, 0.25) is 5.91 Å². The lowest BCUT2D eigenvalue weighted by Gasteiger charge is -2.23. The van der Waals surface area contributed by atoms with Gasteiger partial charge in [-0.15, -0.1) is 24.8 Å². The van der Waals surface area contributed by atoms with Crippen molar-refractivity contribution < 1.29 is 4.79 Å². The van der Waals surface area contributed by atoms with E-state index >= 15 is 0 Å². The summed E-state index contributed by atoms with van der Waals surface area (Å²) in [5.74, 6) is 0.114.